The number of hydrogen-bond acceptors (Lipinski definition) is 3. The van der Waals surface area contributed by atoms with E-state index in [1.807, 2.05) is 0 Å². The van der Waals surface area contributed by atoms with Gasteiger partial charge in [0.25, 0.3) is 10.0 Å². The molecule has 0 unspecified atom stereocenters. The van der Waals surface area contributed by atoms with Crippen LogP contribution in [0.1, 0.15) is 5.56 Å². The number of nitrogen functional groups attached to an aromatic ring is 1. The fourth-order valence-electron chi connectivity index (χ4n) is 1.64. The first-order chi connectivity index (χ1) is 8.92. The van der Waals surface area contributed by atoms with E-state index in [9.17, 15) is 12.8 Å². The number of aryl methyl sites for hydroxylation is 1. The molecule has 2 aromatic rings. The van der Waals surface area contributed by atoms with Crippen LogP contribution in [0.3, 0.4) is 0 Å². The van der Waals surface area contributed by atoms with Crippen LogP contribution < -0.4 is 10.5 Å². The molecule has 0 saturated heterocycles. The van der Waals surface area contributed by atoms with E-state index in [0.717, 1.165) is 11.6 Å². The normalized spacial score (nSPS) is 11.3. The zero-order valence-electron chi connectivity index (χ0n) is 10.2. The summed E-state index contributed by atoms with van der Waals surface area (Å²) in [5, 5.41) is 0. The van der Waals surface area contributed by atoms with Crippen molar-refractivity contribution in [2.24, 2.45) is 0 Å². The molecule has 0 bridgehead atoms. The van der Waals surface area contributed by atoms with Gasteiger partial charge in [-0.25, -0.2) is 12.8 Å². The molecule has 4 nitrogen and oxygen atoms in total. The molecular weight excluding hydrogens is 267 g/mol. The number of anilines is 2. The van der Waals surface area contributed by atoms with Crippen molar-refractivity contribution in [3.63, 3.8) is 0 Å². The number of hydrogen-bond donors (Lipinski definition) is 2. The minimum Gasteiger partial charge on any atom is -0.395 e. The van der Waals surface area contributed by atoms with Gasteiger partial charge in [0.15, 0.2) is 0 Å². The van der Waals surface area contributed by atoms with Crippen molar-refractivity contribution in [2.45, 2.75) is 11.8 Å². The van der Waals surface area contributed by atoms with Gasteiger partial charge in [-0.05, 0) is 30.7 Å². The van der Waals surface area contributed by atoms with Gasteiger partial charge in [-0.3, -0.25) is 4.72 Å². The number of benzene rings is 2. The van der Waals surface area contributed by atoms with Crippen molar-refractivity contribution in [1.82, 2.24) is 0 Å². The van der Waals surface area contributed by atoms with Crippen LogP contribution in [0.15, 0.2) is 47.4 Å². The molecule has 0 aliphatic rings. The Hall–Kier alpha value is -2.08. The van der Waals surface area contributed by atoms with E-state index in [1.54, 1.807) is 31.2 Å². The van der Waals surface area contributed by atoms with Gasteiger partial charge in [-0.15, -0.1) is 0 Å². The highest BCUT2D eigenvalue weighted by Gasteiger charge is 2.20. The van der Waals surface area contributed by atoms with Crippen molar-refractivity contribution < 1.29 is 12.8 Å². The molecule has 6 heteroatoms. The summed E-state index contributed by atoms with van der Waals surface area (Å²) in [5.74, 6) is -0.757. The largest absolute Gasteiger partial charge is 0.395 e. The summed E-state index contributed by atoms with van der Waals surface area (Å²) in [5.41, 5.74) is 6.28. The van der Waals surface area contributed by atoms with Gasteiger partial charge in [0, 0.05) is 0 Å². The van der Waals surface area contributed by atoms with Crippen LogP contribution in [0.2, 0.25) is 0 Å². The molecule has 0 radical (unpaired) electrons. The monoisotopic (exact) mass is 280 g/mol. The van der Waals surface area contributed by atoms with Crippen molar-refractivity contribution in [1.29, 1.82) is 0 Å². The molecule has 19 heavy (non-hydrogen) atoms. The lowest BCUT2D eigenvalue weighted by Crippen LogP contribution is -2.16. The van der Waals surface area contributed by atoms with E-state index < -0.39 is 15.8 Å². The lowest BCUT2D eigenvalue weighted by Gasteiger charge is -2.12. The molecule has 0 heterocycles. The van der Waals surface area contributed by atoms with Crippen molar-refractivity contribution in [2.75, 3.05) is 10.5 Å². The third-order valence-electron chi connectivity index (χ3n) is 2.69. The Bertz CT molecular complexity index is 714. The quantitative estimate of drug-likeness (QED) is 0.848. The van der Waals surface area contributed by atoms with Crippen LogP contribution in [-0.2, 0) is 10.0 Å². The average molecular weight is 280 g/mol. The lowest BCUT2D eigenvalue weighted by atomic mass is 10.2. The van der Waals surface area contributed by atoms with Gasteiger partial charge in [0.1, 0.15) is 10.7 Å². The topological polar surface area (TPSA) is 72.2 Å². The molecular formula is C13H13FN2O2S. The maximum absolute atomic E-state index is 13.3. The Labute approximate surface area is 111 Å². The van der Waals surface area contributed by atoms with Gasteiger partial charge in [0.2, 0.25) is 0 Å². The Morgan fingerprint density at radius 2 is 1.79 bits per heavy atom. The minimum atomic E-state index is -3.90. The second-order valence-electron chi connectivity index (χ2n) is 4.07. The van der Waals surface area contributed by atoms with Gasteiger partial charge < -0.3 is 5.73 Å². The van der Waals surface area contributed by atoms with Gasteiger partial charge in [0.05, 0.1) is 11.4 Å². The predicted octanol–water partition coefficient (Wildman–Crippen LogP) is 2.52. The summed E-state index contributed by atoms with van der Waals surface area (Å²) in [4.78, 5) is -0.268. The Kier molecular flexibility index (Phi) is 3.44. The van der Waals surface area contributed by atoms with Crippen LogP contribution in [0, 0.1) is 12.7 Å². The molecule has 100 valence electrons. The first-order valence-electron chi connectivity index (χ1n) is 5.54. The van der Waals surface area contributed by atoms with Gasteiger partial charge in [-0.1, -0.05) is 24.3 Å². The molecule has 0 aliphatic carbocycles. The Morgan fingerprint density at radius 3 is 2.47 bits per heavy atom. The minimum absolute atomic E-state index is 0.268. The second-order valence-corrected chi connectivity index (χ2v) is 5.72. The lowest BCUT2D eigenvalue weighted by molar-refractivity contribution is 0.597. The average Bonchev–Trinajstić information content (AvgIpc) is 2.35. The number of rotatable bonds is 3. The summed E-state index contributed by atoms with van der Waals surface area (Å²) < 4.78 is 40.0. The van der Waals surface area contributed by atoms with Crippen LogP contribution in [0.25, 0.3) is 0 Å². The van der Waals surface area contributed by atoms with Gasteiger partial charge in [-0.2, -0.15) is 0 Å². The van der Waals surface area contributed by atoms with E-state index in [0.29, 0.717) is 5.69 Å². The highest BCUT2D eigenvalue weighted by Crippen LogP contribution is 2.24. The van der Waals surface area contributed by atoms with E-state index >= 15 is 0 Å². The molecule has 0 spiro atoms. The predicted molar refractivity (Wildman–Crippen MR) is 72.8 cm³/mol. The summed E-state index contributed by atoms with van der Waals surface area (Å²) in [7, 11) is -3.90. The van der Waals surface area contributed by atoms with E-state index in [-0.39, 0.29) is 10.6 Å². The fourth-order valence-corrected chi connectivity index (χ4v) is 2.91. The smallest absolute Gasteiger partial charge is 0.264 e. The third kappa shape index (κ3) is 2.68. The summed E-state index contributed by atoms with van der Waals surface area (Å²) >= 11 is 0. The third-order valence-corrected chi connectivity index (χ3v) is 4.12. The number of nitrogens with two attached hydrogens (primary N) is 1. The maximum Gasteiger partial charge on any atom is 0.264 e. The molecule has 0 fully saturated rings. The van der Waals surface area contributed by atoms with Crippen molar-refractivity contribution in [3.05, 3.63) is 53.8 Å². The maximum atomic E-state index is 13.3. The molecule has 2 aromatic carbocycles. The molecule has 2 rings (SSSR count). The SMILES string of the molecule is Cc1ccccc1NS(=O)(=O)c1cccc(F)c1N. The highest BCUT2D eigenvalue weighted by molar-refractivity contribution is 7.92. The second kappa shape index (κ2) is 4.89. The van der Waals surface area contributed by atoms with E-state index in [1.165, 1.54) is 12.1 Å². The number of para-hydroxylation sites is 2. The number of halogens is 1. The van der Waals surface area contributed by atoms with Crippen LogP contribution in [-0.4, -0.2) is 8.42 Å². The molecule has 0 amide bonds. The van der Waals surface area contributed by atoms with Crippen molar-refractivity contribution >= 4 is 21.4 Å². The molecule has 3 N–H and O–H groups in total. The van der Waals surface area contributed by atoms with E-state index in [2.05, 4.69) is 4.72 Å². The summed E-state index contributed by atoms with van der Waals surface area (Å²) in [6.07, 6.45) is 0. The number of nitrogens with one attached hydrogen (secondary N) is 1. The fraction of sp³-hybridized carbons (Fsp3) is 0.0769. The van der Waals surface area contributed by atoms with Gasteiger partial charge >= 0.3 is 0 Å². The van der Waals surface area contributed by atoms with Crippen LogP contribution in [0.5, 0.6) is 0 Å². The molecule has 0 aromatic heterocycles. The first-order valence-corrected chi connectivity index (χ1v) is 7.02. The molecule has 0 atom stereocenters. The van der Waals surface area contributed by atoms with E-state index in [4.69, 9.17) is 5.73 Å². The highest BCUT2D eigenvalue weighted by atomic mass is 32.2. The zero-order valence-corrected chi connectivity index (χ0v) is 11.0. The first kappa shape index (κ1) is 13.4. The Balaban J connectivity index is 2.44. The van der Waals surface area contributed by atoms with Crippen LogP contribution >= 0.6 is 0 Å². The zero-order chi connectivity index (χ0) is 14.0. The number of sulfonamides is 1. The van der Waals surface area contributed by atoms with Crippen LogP contribution in [0.4, 0.5) is 15.8 Å². The van der Waals surface area contributed by atoms with Crippen molar-refractivity contribution in [3.8, 4) is 0 Å². The Morgan fingerprint density at radius 1 is 1.11 bits per heavy atom. The summed E-state index contributed by atoms with van der Waals surface area (Å²) in [6, 6.07) is 10.6. The molecule has 0 saturated carbocycles. The molecule has 0 aliphatic heterocycles. The standard InChI is InChI=1S/C13H13FN2O2S/c1-9-5-2-3-7-11(9)16-19(17,18)12-8-4-6-10(14)13(12)15/h2-8,16H,15H2,1H3. The summed E-state index contributed by atoms with van der Waals surface area (Å²) in [6.45, 7) is 1.77.